The van der Waals surface area contributed by atoms with Crippen LogP contribution in [0.3, 0.4) is 0 Å². The van der Waals surface area contributed by atoms with Crippen molar-refractivity contribution < 1.29 is 9.66 Å². The molecule has 0 bridgehead atoms. The molecule has 0 saturated carbocycles. The van der Waals surface area contributed by atoms with Crippen LogP contribution in [-0.4, -0.2) is 18.1 Å². The van der Waals surface area contributed by atoms with Gasteiger partial charge in [0.2, 0.25) is 6.04 Å². The van der Waals surface area contributed by atoms with Crippen molar-refractivity contribution in [2.24, 2.45) is 0 Å². The lowest BCUT2D eigenvalue weighted by Gasteiger charge is -2.20. The Bertz CT molecular complexity index is 599. The lowest BCUT2D eigenvalue weighted by Crippen LogP contribution is -2.34. The van der Waals surface area contributed by atoms with Crippen LogP contribution < -0.4 is 10.1 Å². The van der Waals surface area contributed by atoms with Crippen molar-refractivity contribution in [2.45, 2.75) is 25.6 Å². The summed E-state index contributed by atoms with van der Waals surface area (Å²) >= 11 is 0. The summed E-state index contributed by atoms with van der Waals surface area (Å²) in [6, 6.07) is 16.1. The maximum absolute atomic E-state index is 11.2. The maximum atomic E-state index is 11.2. The number of hydrogen-bond donors (Lipinski definition) is 1. The summed E-state index contributed by atoms with van der Waals surface area (Å²) < 4.78 is 5.12. The third-order valence-electron chi connectivity index (χ3n) is 3.66. The van der Waals surface area contributed by atoms with Crippen molar-refractivity contribution in [2.75, 3.05) is 7.11 Å². The number of ether oxygens (including phenoxy) is 1. The monoisotopic (exact) mass is 300 g/mol. The second kappa shape index (κ2) is 7.56. The van der Waals surface area contributed by atoms with Crippen molar-refractivity contribution >= 4 is 0 Å². The molecule has 0 aliphatic carbocycles. The highest BCUT2D eigenvalue weighted by atomic mass is 16.6. The Morgan fingerprint density at radius 1 is 1.14 bits per heavy atom. The smallest absolute Gasteiger partial charge is 0.229 e. The summed E-state index contributed by atoms with van der Waals surface area (Å²) in [4.78, 5) is 10.9. The Balaban J connectivity index is 2.11. The molecule has 2 aromatic carbocycles. The standard InChI is InChI=1S/C17H20N2O3/c1-13(19(20)21)17(15-6-4-3-5-7-15)18-12-14-8-10-16(22-2)11-9-14/h3-11,13,17-18H,12H2,1-2H3. The normalized spacial score (nSPS) is 13.4. The minimum atomic E-state index is -0.708. The van der Waals surface area contributed by atoms with E-state index in [1.165, 1.54) is 0 Å². The van der Waals surface area contributed by atoms with E-state index in [0.717, 1.165) is 16.9 Å². The minimum Gasteiger partial charge on any atom is -0.497 e. The highest BCUT2D eigenvalue weighted by molar-refractivity contribution is 5.27. The fourth-order valence-electron chi connectivity index (χ4n) is 2.32. The number of rotatable bonds is 7. The van der Waals surface area contributed by atoms with Gasteiger partial charge in [-0.1, -0.05) is 42.5 Å². The first-order valence-corrected chi connectivity index (χ1v) is 7.16. The van der Waals surface area contributed by atoms with E-state index in [1.54, 1.807) is 14.0 Å². The summed E-state index contributed by atoms with van der Waals surface area (Å²) in [5, 5.41) is 14.4. The average molecular weight is 300 g/mol. The molecule has 0 heterocycles. The van der Waals surface area contributed by atoms with Crippen LogP contribution in [0.25, 0.3) is 0 Å². The SMILES string of the molecule is COc1ccc(CNC(c2ccccc2)C(C)[N+](=O)[O-])cc1. The highest BCUT2D eigenvalue weighted by Crippen LogP contribution is 2.20. The van der Waals surface area contributed by atoms with Crippen molar-refractivity contribution in [1.29, 1.82) is 0 Å². The van der Waals surface area contributed by atoms with Crippen LogP contribution in [0.4, 0.5) is 0 Å². The molecule has 1 N–H and O–H groups in total. The molecule has 5 nitrogen and oxygen atoms in total. The van der Waals surface area contributed by atoms with Crippen LogP contribution in [-0.2, 0) is 6.54 Å². The summed E-state index contributed by atoms with van der Waals surface area (Å²) in [5.41, 5.74) is 1.97. The summed E-state index contributed by atoms with van der Waals surface area (Å²) in [6.45, 7) is 2.18. The molecular weight excluding hydrogens is 280 g/mol. The fraction of sp³-hybridized carbons (Fsp3) is 0.294. The second-order valence-electron chi connectivity index (χ2n) is 5.14. The van der Waals surface area contributed by atoms with Crippen LogP contribution in [0.2, 0.25) is 0 Å². The van der Waals surface area contributed by atoms with E-state index >= 15 is 0 Å². The van der Waals surface area contributed by atoms with Crippen molar-refractivity contribution in [3.05, 3.63) is 75.8 Å². The van der Waals surface area contributed by atoms with E-state index in [-0.39, 0.29) is 11.0 Å². The number of methoxy groups -OCH3 is 1. The van der Waals surface area contributed by atoms with Gasteiger partial charge in [0.1, 0.15) is 11.8 Å². The van der Waals surface area contributed by atoms with Gasteiger partial charge in [-0.15, -0.1) is 0 Å². The molecule has 2 rings (SSSR count). The van der Waals surface area contributed by atoms with Gasteiger partial charge in [-0.2, -0.15) is 0 Å². The second-order valence-corrected chi connectivity index (χ2v) is 5.14. The molecule has 5 heteroatoms. The molecule has 2 unspecified atom stereocenters. The zero-order valence-electron chi connectivity index (χ0n) is 12.7. The largest absolute Gasteiger partial charge is 0.497 e. The van der Waals surface area contributed by atoms with Gasteiger partial charge < -0.3 is 10.1 Å². The number of nitrogens with one attached hydrogen (secondary N) is 1. The Labute approximate surface area is 130 Å². The number of nitro groups is 1. The highest BCUT2D eigenvalue weighted by Gasteiger charge is 2.27. The van der Waals surface area contributed by atoms with Crippen LogP contribution in [0.15, 0.2) is 54.6 Å². The van der Waals surface area contributed by atoms with Gasteiger partial charge >= 0.3 is 0 Å². The lowest BCUT2D eigenvalue weighted by atomic mass is 10.0. The molecule has 22 heavy (non-hydrogen) atoms. The van der Waals surface area contributed by atoms with Gasteiger partial charge in [-0.3, -0.25) is 10.1 Å². The molecular formula is C17H20N2O3. The van der Waals surface area contributed by atoms with E-state index in [1.807, 2.05) is 54.6 Å². The Morgan fingerprint density at radius 3 is 2.32 bits per heavy atom. The number of nitrogens with zero attached hydrogens (tertiary/aromatic N) is 1. The van der Waals surface area contributed by atoms with E-state index in [2.05, 4.69) is 5.32 Å². The Kier molecular flexibility index (Phi) is 5.49. The zero-order valence-corrected chi connectivity index (χ0v) is 12.7. The number of benzene rings is 2. The Morgan fingerprint density at radius 2 is 1.77 bits per heavy atom. The molecule has 0 fully saturated rings. The van der Waals surface area contributed by atoms with Crippen LogP contribution >= 0.6 is 0 Å². The van der Waals surface area contributed by atoms with Gasteiger partial charge in [-0.25, -0.2) is 0 Å². The van der Waals surface area contributed by atoms with E-state index < -0.39 is 6.04 Å². The molecule has 0 radical (unpaired) electrons. The third kappa shape index (κ3) is 4.05. The molecule has 0 saturated heterocycles. The minimum absolute atomic E-state index is 0.251. The molecule has 116 valence electrons. The van der Waals surface area contributed by atoms with Crippen LogP contribution in [0.1, 0.15) is 24.1 Å². The molecule has 0 spiro atoms. The van der Waals surface area contributed by atoms with Crippen LogP contribution in [0.5, 0.6) is 5.75 Å². The molecule has 0 aliphatic heterocycles. The quantitative estimate of drug-likeness (QED) is 0.630. The summed E-state index contributed by atoms with van der Waals surface area (Å²) in [6.07, 6.45) is 0. The van der Waals surface area contributed by atoms with E-state index in [9.17, 15) is 10.1 Å². The van der Waals surface area contributed by atoms with Crippen molar-refractivity contribution in [1.82, 2.24) is 5.32 Å². The summed E-state index contributed by atoms with van der Waals surface area (Å²) in [5.74, 6) is 0.794. The van der Waals surface area contributed by atoms with Gasteiger partial charge in [0.05, 0.1) is 7.11 Å². The van der Waals surface area contributed by atoms with Gasteiger partial charge in [0.25, 0.3) is 0 Å². The van der Waals surface area contributed by atoms with Crippen LogP contribution in [0, 0.1) is 10.1 Å². The molecule has 0 aromatic heterocycles. The third-order valence-corrected chi connectivity index (χ3v) is 3.66. The van der Waals surface area contributed by atoms with Crippen molar-refractivity contribution in [3.8, 4) is 5.75 Å². The lowest BCUT2D eigenvalue weighted by molar-refractivity contribution is -0.523. The van der Waals surface area contributed by atoms with Gasteiger partial charge in [0, 0.05) is 18.4 Å². The fourth-order valence-corrected chi connectivity index (χ4v) is 2.32. The molecule has 0 amide bonds. The predicted molar refractivity (Wildman–Crippen MR) is 85.5 cm³/mol. The molecule has 2 aromatic rings. The predicted octanol–water partition coefficient (Wildman–Crippen LogP) is 3.19. The summed E-state index contributed by atoms with van der Waals surface area (Å²) in [7, 11) is 1.62. The van der Waals surface area contributed by atoms with Gasteiger partial charge in [0.15, 0.2) is 0 Å². The first-order chi connectivity index (χ1) is 10.6. The maximum Gasteiger partial charge on any atom is 0.229 e. The Hall–Kier alpha value is -2.40. The number of hydrogen-bond acceptors (Lipinski definition) is 4. The molecule has 0 aliphatic rings. The molecule has 2 atom stereocenters. The van der Waals surface area contributed by atoms with Gasteiger partial charge in [-0.05, 0) is 23.3 Å². The topological polar surface area (TPSA) is 64.4 Å². The van der Waals surface area contributed by atoms with Crippen molar-refractivity contribution in [3.63, 3.8) is 0 Å². The average Bonchev–Trinajstić information content (AvgIpc) is 2.56. The first kappa shape index (κ1) is 16.0. The zero-order chi connectivity index (χ0) is 15.9. The first-order valence-electron chi connectivity index (χ1n) is 7.16. The van der Waals surface area contributed by atoms with E-state index in [4.69, 9.17) is 4.74 Å². The van der Waals surface area contributed by atoms with E-state index in [0.29, 0.717) is 6.54 Å².